The first kappa shape index (κ1) is 11.2. The third-order valence-electron chi connectivity index (χ3n) is 2.39. The second-order valence-electron chi connectivity index (χ2n) is 3.52. The number of nitrogens with two attached hydrogens (primary N) is 1. The van der Waals surface area contributed by atoms with Crippen LogP contribution in [0.3, 0.4) is 0 Å². The van der Waals surface area contributed by atoms with E-state index in [0.717, 1.165) is 11.3 Å². The molecular formula is C10H10Cl2N4. The van der Waals surface area contributed by atoms with Crippen LogP contribution in [-0.2, 0) is 0 Å². The van der Waals surface area contributed by atoms with Crippen molar-refractivity contribution in [3.05, 3.63) is 33.4 Å². The van der Waals surface area contributed by atoms with E-state index in [1.54, 1.807) is 16.8 Å². The molecule has 2 aromatic rings. The molecule has 0 spiro atoms. The maximum absolute atomic E-state index is 6.13. The van der Waals surface area contributed by atoms with Crippen LogP contribution in [0.2, 0.25) is 10.0 Å². The second kappa shape index (κ2) is 3.96. The van der Waals surface area contributed by atoms with Crippen LogP contribution >= 0.6 is 23.2 Å². The van der Waals surface area contributed by atoms with Gasteiger partial charge in [0.15, 0.2) is 5.82 Å². The van der Waals surface area contributed by atoms with Gasteiger partial charge in [0, 0.05) is 5.02 Å². The van der Waals surface area contributed by atoms with Crippen LogP contribution in [0, 0.1) is 13.8 Å². The molecule has 0 aliphatic carbocycles. The zero-order valence-corrected chi connectivity index (χ0v) is 10.3. The van der Waals surface area contributed by atoms with E-state index < -0.39 is 0 Å². The molecule has 0 atom stereocenters. The van der Waals surface area contributed by atoms with Crippen molar-refractivity contribution in [1.29, 1.82) is 0 Å². The van der Waals surface area contributed by atoms with Gasteiger partial charge in [-0.15, -0.1) is 5.10 Å². The maximum atomic E-state index is 6.13. The highest BCUT2D eigenvalue weighted by Crippen LogP contribution is 2.28. The molecule has 0 amide bonds. The van der Waals surface area contributed by atoms with E-state index in [1.807, 2.05) is 13.8 Å². The van der Waals surface area contributed by atoms with Crippen LogP contribution in [0.15, 0.2) is 12.1 Å². The van der Waals surface area contributed by atoms with E-state index in [0.29, 0.717) is 21.6 Å². The van der Waals surface area contributed by atoms with Crippen molar-refractivity contribution in [2.24, 2.45) is 0 Å². The Bertz CT molecular complexity index is 548. The largest absolute Gasteiger partial charge is 0.381 e. The van der Waals surface area contributed by atoms with Gasteiger partial charge in [-0.3, -0.25) is 0 Å². The molecular weight excluding hydrogens is 247 g/mol. The predicted molar refractivity (Wildman–Crippen MR) is 65.3 cm³/mol. The van der Waals surface area contributed by atoms with Gasteiger partial charge in [0.05, 0.1) is 16.4 Å². The van der Waals surface area contributed by atoms with Gasteiger partial charge in [0.25, 0.3) is 0 Å². The Morgan fingerprint density at radius 3 is 2.44 bits per heavy atom. The normalized spacial score (nSPS) is 10.8. The summed E-state index contributed by atoms with van der Waals surface area (Å²) in [5.41, 5.74) is 7.96. The molecule has 6 heteroatoms. The summed E-state index contributed by atoms with van der Waals surface area (Å²) >= 11 is 12.2. The highest BCUT2D eigenvalue weighted by Gasteiger charge is 2.12. The Labute approximate surface area is 103 Å². The molecule has 0 radical (unpaired) electrons. The third kappa shape index (κ3) is 1.74. The Morgan fingerprint density at radius 1 is 1.19 bits per heavy atom. The van der Waals surface area contributed by atoms with Crippen molar-refractivity contribution in [1.82, 2.24) is 15.0 Å². The van der Waals surface area contributed by atoms with Crippen LogP contribution in [0.1, 0.15) is 11.3 Å². The van der Waals surface area contributed by atoms with E-state index in [-0.39, 0.29) is 0 Å². The lowest BCUT2D eigenvalue weighted by Crippen LogP contribution is -2.01. The van der Waals surface area contributed by atoms with E-state index in [9.17, 15) is 0 Å². The van der Waals surface area contributed by atoms with Gasteiger partial charge in [0.1, 0.15) is 0 Å². The molecule has 84 valence electrons. The minimum Gasteiger partial charge on any atom is -0.381 e. The molecule has 1 aromatic carbocycles. The number of nitrogens with zero attached hydrogens (tertiary/aromatic N) is 3. The second-order valence-corrected chi connectivity index (χ2v) is 4.34. The van der Waals surface area contributed by atoms with Gasteiger partial charge in [-0.1, -0.05) is 28.4 Å². The number of aromatic nitrogens is 3. The quantitative estimate of drug-likeness (QED) is 0.854. The summed E-state index contributed by atoms with van der Waals surface area (Å²) in [6.07, 6.45) is 0. The highest BCUT2D eigenvalue weighted by molar-refractivity contribution is 6.35. The number of hydrogen-bond donors (Lipinski definition) is 1. The SMILES string of the molecule is Cc1cc(Cl)c(-n2nnc(N)c2C)cc1Cl. The first-order valence-electron chi connectivity index (χ1n) is 4.64. The van der Waals surface area contributed by atoms with Crippen LogP contribution < -0.4 is 5.73 Å². The van der Waals surface area contributed by atoms with Crippen LogP contribution in [0.4, 0.5) is 5.82 Å². The predicted octanol–water partition coefficient (Wildman–Crippen LogP) is 2.77. The molecule has 0 unspecified atom stereocenters. The Morgan fingerprint density at radius 2 is 1.88 bits per heavy atom. The molecule has 0 saturated heterocycles. The van der Waals surface area contributed by atoms with E-state index in [1.165, 1.54) is 0 Å². The van der Waals surface area contributed by atoms with Crippen LogP contribution in [-0.4, -0.2) is 15.0 Å². The number of anilines is 1. The molecule has 4 nitrogen and oxygen atoms in total. The van der Waals surface area contributed by atoms with Crippen LogP contribution in [0.25, 0.3) is 5.69 Å². The first-order chi connectivity index (χ1) is 7.50. The molecule has 1 heterocycles. The average molecular weight is 257 g/mol. The lowest BCUT2D eigenvalue weighted by Gasteiger charge is -2.08. The fraction of sp³-hybridized carbons (Fsp3) is 0.200. The Kier molecular flexibility index (Phi) is 2.78. The molecule has 1 aromatic heterocycles. The molecule has 0 aliphatic heterocycles. The zero-order chi connectivity index (χ0) is 11.9. The monoisotopic (exact) mass is 256 g/mol. The summed E-state index contributed by atoms with van der Waals surface area (Å²) in [7, 11) is 0. The van der Waals surface area contributed by atoms with Crippen molar-refractivity contribution in [3.63, 3.8) is 0 Å². The van der Waals surface area contributed by atoms with Gasteiger partial charge in [-0.25, -0.2) is 4.68 Å². The van der Waals surface area contributed by atoms with E-state index in [4.69, 9.17) is 28.9 Å². The van der Waals surface area contributed by atoms with Gasteiger partial charge >= 0.3 is 0 Å². The number of halogens is 2. The lowest BCUT2D eigenvalue weighted by molar-refractivity contribution is 0.785. The number of aryl methyl sites for hydroxylation is 1. The average Bonchev–Trinajstić information content (AvgIpc) is 2.54. The minimum atomic E-state index is 0.382. The summed E-state index contributed by atoms with van der Waals surface area (Å²) in [6.45, 7) is 3.71. The maximum Gasteiger partial charge on any atom is 0.169 e. The molecule has 2 N–H and O–H groups in total. The number of rotatable bonds is 1. The molecule has 0 saturated carbocycles. The van der Waals surface area contributed by atoms with Crippen molar-refractivity contribution in [2.75, 3.05) is 5.73 Å². The first-order valence-corrected chi connectivity index (χ1v) is 5.40. The molecule has 16 heavy (non-hydrogen) atoms. The summed E-state index contributed by atoms with van der Waals surface area (Å²) in [5.74, 6) is 0.382. The summed E-state index contributed by atoms with van der Waals surface area (Å²) < 4.78 is 1.57. The summed E-state index contributed by atoms with van der Waals surface area (Å²) in [6, 6.07) is 3.54. The van der Waals surface area contributed by atoms with Crippen molar-refractivity contribution < 1.29 is 0 Å². The number of nitrogen functional groups attached to an aromatic ring is 1. The van der Waals surface area contributed by atoms with E-state index in [2.05, 4.69) is 10.3 Å². The molecule has 2 rings (SSSR count). The number of benzene rings is 1. The molecule has 0 fully saturated rings. The third-order valence-corrected chi connectivity index (χ3v) is 3.10. The zero-order valence-electron chi connectivity index (χ0n) is 8.83. The fourth-order valence-corrected chi connectivity index (χ4v) is 1.82. The highest BCUT2D eigenvalue weighted by atomic mass is 35.5. The topological polar surface area (TPSA) is 56.7 Å². The standard InChI is InChI=1S/C10H10Cl2N4/c1-5-3-8(12)9(4-7(5)11)16-6(2)10(13)14-15-16/h3-4H,13H2,1-2H3. The number of hydrogen-bond acceptors (Lipinski definition) is 3. The smallest absolute Gasteiger partial charge is 0.169 e. The molecule has 0 bridgehead atoms. The fourth-order valence-electron chi connectivity index (χ4n) is 1.37. The van der Waals surface area contributed by atoms with Crippen LogP contribution in [0.5, 0.6) is 0 Å². The molecule has 0 aliphatic rings. The van der Waals surface area contributed by atoms with Gasteiger partial charge in [-0.05, 0) is 31.5 Å². The Hall–Kier alpha value is -1.26. The Balaban J connectivity index is 2.65. The van der Waals surface area contributed by atoms with Gasteiger partial charge in [0.2, 0.25) is 0 Å². The summed E-state index contributed by atoms with van der Waals surface area (Å²) in [4.78, 5) is 0. The summed E-state index contributed by atoms with van der Waals surface area (Å²) in [5, 5.41) is 8.89. The van der Waals surface area contributed by atoms with Crippen molar-refractivity contribution in [2.45, 2.75) is 13.8 Å². The van der Waals surface area contributed by atoms with E-state index >= 15 is 0 Å². The van der Waals surface area contributed by atoms with Crippen molar-refractivity contribution in [3.8, 4) is 5.69 Å². The van der Waals surface area contributed by atoms with Crippen molar-refractivity contribution >= 4 is 29.0 Å². The lowest BCUT2D eigenvalue weighted by atomic mass is 10.2. The minimum absolute atomic E-state index is 0.382. The van der Waals surface area contributed by atoms with Gasteiger partial charge < -0.3 is 5.73 Å². The van der Waals surface area contributed by atoms with Gasteiger partial charge in [-0.2, -0.15) is 0 Å².